The number of morpholine rings is 1. The molecule has 2 fully saturated rings. The topological polar surface area (TPSA) is 70.6 Å². The third kappa shape index (κ3) is 3.07. The van der Waals surface area contributed by atoms with Gasteiger partial charge in [-0.1, -0.05) is 0 Å². The van der Waals surface area contributed by atoms with E-state index in [4.69, 9.17) is 4.74 Å². The first-order valence-electron chi connectivity index (χ1n) is 7.39. The Kier molecular flexibility index (Phi) is 4.19. The van der Waals surface area contributed by atoms with Crippen LogP contribution in [-0.2, 0) is 9.53 Å². The molecule has 2 saturated heterocycles. The van der Waals surface area contributed by atoms with E-state index in [-0.39, 0.29) is 11.8 Å². The van der Waals surface area contributed by atoms with Gasteiger partial charge in [-0.3, -0.25) is 4.79 Å². The molecule has 21 heavy (non-hydrogen) atoms. The molecule has 2 aliphatic rings. The highest BCUT2D eigenvalue weighted by molar-refractivity contribution is 5.79. The van der Waals surface area contributed by atoms with Crippen LogP contribution in [0.5, 0.6) is 0 Å². The third-order valence-corrected chi connectivity index (χ3v) is 4.10. The minimum absolute atomic E-state index is 0.0526. The molecule has 0 spiro atoms. The molecule has 1 N–H and O–H groups in total. The van der Waals surface area contributed by atoms with Crippen molar-refractivity contribution >= 4 is 17.5 Å². The van der Waals surface area contributed by atoms with E-state index in [2.05, 4.69) is 25.1 Å². The van der Waals surface area contributed by atoms with Gasteiger partial charge >= 0.3 is 0 Å². The van der Waals surface area contributed by atoms with E-state index in [9.17, 15) is 4.79 Å². The Morgan fingerprint density at radius 1 is 1.24 bits per heavy atom. The number of carbonyl (C=O) groups is 1. The van der Waals surface area contributed by atoms with Gasteiger partial charge in [0.25, 0.3) is 0 Å². The Morgan fingerprint density at radius 2 is 1.95 bits per heavy atom. The van der Waals surface area contributed by atoms with Crippen LogP contribution >= 0.6 is 0 Å². The molecule has 7 nitrogen and oxygen atoms in total. The quantitative estimate of drug-likeness (QED) is 0.837. The summed E-state index contributed by atoms with van der Waals surface area (Å²) in [6, 6.07) is 2.01. The average molecular weight is 291 g/mol. The summed E-state index contributed by atoms with van der Waals surface area (Å²) in [6.45, 7) is 4.77. The van der Waals surface area contributed by atoms with Crippen LogP contribution < -0.4 is 15.1 Å². The maximum atomic E-state index is 11.7. The molecule has 3 rings (SSSR count). The Balaban J connectivity index is 1.70. The van der Waals surface area contributed by atoms with Crippen LogP contribution in [0.4, 0.5) is 11.6 Å². The van der Waals surface area contributed by atoms with Gasteiger partial charge in [0.1, 0.15) is 18.0 Å². The molecule has 1 amide bonds. The molecular weight excluding hydrogens is 270 g/mol. The van der Waals surface area contributed by atoms with Crippen molar-refractivity contribution < 1.29 is 9.53 Å². The summed E-state index contributed by atoms with van der Waals surface area (Å²) in [5.41, 5.74) is 0. The number of rotatable bonds is 3. The normalized spacial score (nSPS) is 22.4. The molecule has 1 aromatic heterocycles. The molecule has 0 unspecified atom stereocenters. The maximum Gasteiger partial charge on any atom is 0.224 e. The molecule has 0 radical (unpaired) electrons. The Bertz CT molecular complexity index is 504. The van der Waals surface area contributed by atoms with Crippen molar-refractivity contribution in [2.45, 2.75) is 6.42 Å². The molecule has 2 aliphatic heterocycles. The molecular formula is C14H21N5O2. The number of carbonyl (C=O) groups excluding carboxylic acids is 1. The van der Waals surface area contributed by atoms with Gasteiger partial charge in [0.15, 0.2) is 0 Å². The molecule has 7 heteroatoms. The van der Waals surface area contributed by atoms with Crippen LogP contribution in [0, 0.1) is 5.92 Å². The molecule has 114 valence electrons. The van der Waals surface area contributed by atoms with E-state index in [1.54, 1.807) is 13.4 Å². The number of hydrogen-bond acceptors (Lipinski definition) is 6. The van der Waals surface area contributed by atoms with E-state index in [0.29, 0.717) is 0 Å². The lowest BCUT2D eigenvalue weighted by Gasteiger charge is -2.28. The van der Waals surface area contributed by atoms with Gasteiger partial charge < -0.3 is 19.9 Å². The summed E-state index contributed by atoms with van der Waals surface area (Å²) in [6.07, 6.45) is 2.48. The zero-order chi connectivity index (χ0) is 14.7. The molecule has 0 bridgehead atoms. The van der Waals surface area contributed by atoms with Crippen LogP contribution in [-0.4, -0.2) is 62.3 Å². The second kappa shape index (κ2) is 6.26. The fourth-order valence-electron chi connectivity index (χ4n) is 2.86. The number of nitrogens with zero attached hydrogens (tertiary/aromatic N) is 4. The third-order valence-electron chi connectivity index (χ3n) is 4.10. The first-order valence-corrected chi connectivity index (χ1v) is 7.39. The molecule has 0 aromatic carbocycles. The van der Waals surface area contributed by atoms with Gasteiger partial charge in [0.2, 0.25) is 5.91 Å². The summed E-state index contributed by atoms with van der Waals surface area (Å²) < 4.78 is 5.36. The number of ether oxygens (including phenoxy) is 1. The van der Waals surface area contributed by atoms with E-state index in [1.807, 2.05) is 6.07 Å². The van der Waals surface area contributed by atoms with Crippen molar-refractivity contribution in [1.29, 1.82) is 0 Å². The summed E-state index contributed by atoms with van der Waals surface area (Å²) in [5, 5.41) is 2.72. The first-order chi connectivity index (χ1) is 10.3. The number of hydrogen-bond donors (Lipinski definition) is 1. The van der Waals surface area contributed by atoms with Crippen LogP contribution in [0.2, 0.25) is 0 Å². The number of amides is 1. The fraction of sp³-hybridized carbons (Fsp3) is 0.643. The molecule has 0 aliphatic carbocycles. The van der Waals surface area contributed by atoms with Crippen molar-refractivity contribution in [1.82, 2.24) is 15.3 Å². The molecule has 1 atom stereocenters. The van der Waals surface area contributed by atoms with Crippen molar-refractivity contribution in [2.24, 2.45) is 5.92 Å². The second-order valence-electron chi connectivity index (χ2n) is 5.38. The average Bonchev–Trinajstić information content (AvgIpc) is 3.05. The zero-order valence-corrected chi connectivity index (χ0v) is 12.3. The van der Waals surface area contributed by atoms with Gasteiger partial charge in [0, 0.05) is 39.3 Å². The predicted molar refractivity (Wildman–Crippen MR) is 79.5 cm³/mol. The van der Waals surface area contributed by atoms with E-state index in [0.717, 1.165) is 57.4 Å². The van der Waals surface area contributed by atoms with Crippen LogP contribution in [0.25, 0.3) is 0 Å². The van der Waals surface area contributed by atoms with Gasteiger partial charge in [-0.15, -0.1) is 0 Å². The fourth-order valence-corrected chi connectivity index (χ4v) is 2.86. The maximum absolute atomic E-state index is 11.7. The van der Waals surface area contributed by atoms with E-state index < -0.39 is 0 Å². The SMILES string of the molecule is CNC(=O)[C@@H]1CCN(c2cc(N3CCOCC3)ncn2)C1. The summed E-state index contributed by atoms with van der Waals surface area (Å²) >= 11 is 0. The molecule has 3 heterocycles. The Hall–Kier alpha value is -1.89. The molecule has 0 saturated carbocycles. The lowest BCUT2D eigenvalue weighted by atomic mass is 10.1. The number of anilines is 2. The highest BCUT2D eigenvalue weighted by Crippen LogP contribution is 2.24. The summed E-state index contributed by atoms with van der Waals surface area (Å²) in [5.74, 6) is 2.00. The Morgan fingerprint density at radius 3 is 2.67 bits per heavy atom. The lowest BCUT2D eigenvalue weighted by Crippen LogP contribution is -2.37. The lowest BCUT2D eigenvalue weighted by molar-refractivity contribution is -0.123. The monoisotopic (exact) mass is 291 g/mol. The highest BCUT2D eigenvalue weighted by Gasteiger charge is 2.28. The van der Waals surface area contributed by atoms with E-state index >= 15 is 0 Å². The van der Waals surface area contributed by atoms with Crippen molar-refractivity contribution in [3.05, 3.63) is 12.4 Å². The van der Waals surface area contributed by atoms with Crippen LogP contribution in [0.15, 0.2) is 12.4 Å². The van der Waals surface area contributed by atoms with Gasteiger partial charge in [0.05, 0.1) is 19.1 Å². The summed E-state index contributed by atoms with van der Waals surface area (Å²) in [4.78, 5) is 24.8. The van der Waals surface area contributed by atoms with Gasteiger partial charge in [-0.05, 0) is 6.42 Å². The minimum Gasteiger partial charge on any atom is -0.378 e. The molecule has 1 aromatic rings. The van der Waals surface area contributed by atoms with Crippen LogP contribution in [0.3, 0.4) is 0 Å². The van der Waals surface area contributed by atoms with Crippen molar-refractivity contribution in [2.75, 3.05) is 56.2 Å². The predicted octanol–water partition coefficient (Wildman–Crippen LogP) is -0.114. The minimum atomic E-state index is 0.0526. The number of nitrogens with one attached hydrogen (secondary N) is 1. The standard InChI is InChI=1S/C14H21N5O2/c1-15-14(20)11-2-3-19(9-11)13-8-12(16-10-17-13)18-4-6-21-7-5-18/h8,10-11H,2-7,9H2,1H3,(H,15,20)/t11-/m1/s1. The zero-order valence-electron chi connectivity index (χ0n) is 12.3. The van der Waals surface area contributed by atoms with Crippen molar-refractivity contribution in [3.8, 4) is 0 Å². The Labute approximate surface area is 124 Å². The summed E-state index contributed by atoms with van der Waals surface area (Å²) in [7, 11) is 1.69. The van der Waals surface area contributed by atoms with Gasteiger partial charge in [-0.25, -0.2) is 9.97 Å². The second-order valence-corrected chi connectivity index (χ2v) is 5.38. The highest BCUT2D eigenvalue weighted by atomic mass is 16.5. The first kappa shape index (κ1) is 14.1. The van der Waals surface area contributed by atoms with Crippen LogP contribution in [0.1, 0.15) is 6.42 Å². The van der Waals surface area contributed by atoms with Crippen molar-refractivity contribution in [3.63, 3.8) is 0 Å². The van der Waals surface area contributed by atoms with E-state index in [1.165, 1.54) is 0 Å². The number of aromatic nitrogens is 2. The smallest absolute Gasteiger partial charge is 0.224 e. The van der Waals surface area contributed by atoms with Gasteiger partial charge in [-0.2, -0.15) is 0 Å². The largest absolute Gasteiger partial charge is 0.378 e.